The molecule has 0 radical (unpaired) electrons. The van der Waals surface area contributed by atoms with Crippen LogP contribution in [0.25, 0.3) is 0 Å². The van der Waals surface area contributed by atoms with E-state index in [1.807, 2.05) is 19.2 Å². The van der Waals surface area contributed by atoms with Crippen molar-refractivity contribution in [3.63, 3.8) is 0 Å². The van der Waals surface area contributed by atoms with E-state index in [-0.39, 0.29) is 0 Å². The van der Waals surface area contributed by atoms with Gasteiger partial charge in [-0.15, -0.1) is 0 Å². The molecule has 0 amide bonds. The first-order chi connectivity index (χ1) is 8.33. The highest BCUT2D eigenvalue weighted by Gasteiger charge is 2.24. The van der Waals surface area contributed by atoms with Crippen molar-refractivity contribution >= 4 is 0 Å². The van der Waals surface area contributed by atoms with Crippen molar-refractivity contribution in [3.8, 4) is 5.75 Å². The molecule has 17 heavy (non-hydrogen) atoms. The van der Waals surface area contributed by atoms with E-state index in [9.17, 15) is 0 Å². The molecule has 1 N–H and O–H groups in total. The summed E-state index contributed by atoms with van der Waals surface area (Å²) in [5.74, 6) is 1.49. The van der Waals surface area contributed by atoms with Gasteiger partial charge in [-0.1, -0.05) is 12.1 Å². The highest BCUT2D eigenvalue weighted by atomic mass is 16.5. The second kappa shape index (κ2) is 6.03. The summed E-state index contributed by atoms with van der Waals surface area (Å²) in [6, 6.07) is 8.90. The fourth-order valence-electron chi connectivity index (χ4n) is 2.44. The Morgan fingerprint density at radius 1 is 1.35 bits per heavy atom. The molecule has 1 saturated heterocycles. The lowest BCUT2D eigenvalue weighted by Gasteiger charge is -2.31. The average molecular weight is 235 g/mol. The van der Waals surface area contributed by atoms with E-state index in [4.69, 9.17) is 9.47 Å². The van der Waals surface area contributed by atoms with Gasteiger partial charge in [-0.3, -0.25) is 0 Å². The molecule has 0 bridgehead atoms. The maximum Gasteiger partial charge on any atom is 0.118 e. The number of ether oxygens (including phenoxy) is 2. The fraction of sp³-hybridized carbons (Fsp3) is 0.571. The van der Waals surface area contributed by atoms with Crippen LogP contribution in [-0.2, 0) is 11.2 Å². The van der Waals surface area contributed by atoms with Gasteiger partial charge in [0.2, 0.25) is 0 Å². The van der Waals surface area contributed by atoms with Crippen molar-refractivity contribution in [3.05, 3.63) is 29.8 Å². The van der Waals surface area contributed by atoms with Gasteiger partial charge in [0.15, 0.2) is 0 Å². The zero-order valence-electron chi connectivity index (χ0n) is 10.6. The van der Waals surface area contributed by atoms with Gasteiger partial charge in [0.05, 0.1) is 13.7 Å². The van der Waals surface area contributed by atoms with Gasteiger partial charge in [0, 0.05) is 18.6 Å². The Balaban J connectivity index is 1.98. The Morgan fingerprint density at radius 2 is 2.12 bits per heavy atom. The summed E-state index contributed by atoms with van der Waals surface area (Å²) >= 11 is 0. The molecule has 1 aliphatic rings. The lowest BCUT2D eigenvalue weighted by molar-refractivity contribution is 0.0342. The minimum absolute atomic E-state index is 0.571. The van der Waals surface area contributed by atoms with Crippen molar-refractivity contribution in [1.29, 1.82) is 0 Å². The summed E-state index contributed by atoms with van der Waals surface area (Å²) < 4.78 is 10.7. The van der Waals surface area contributed by atoms with Gasteiger partial charge in [0.1, 0.15) is 5.75 Å². The maximum absolute atomic E-state index is 5.57. The highest BCUT2D eigenvalue weighted by molar-refractivity contribution is 5.27. The number of benzene rings is 1. The number of rotatable bonds is 4. The number of methoxy groups -OCH3 is 1. The van der Waals surface area contributed by atoms with Crippen LogP contribution in [0.1, 0.15) is 12.0 Å². The third kappa shape index (κ3) is 3.20. The van der Waals surface area contributed by atoms with Gasteiger partial charge in [-0.2, -0.15) is 0 Å². The lowest BCUT2D eigenvalue weighted by Crippen LogP contribution is -2.41. The SMILES string of the molecule is CNC1CCOCC1Cc1ccc(OC)cc1. The van der Waals surface area contributed by atoms with Gasteiger partial charge >= 0.3 is 0 Å². The summed E-state index contributed by atoms with van der Waals surface area (Å²) in [4.78, 5) is 0. The van der Waals surface area contributed by atoms with Crippen molar-refractivity contribution < 1.29 is 9.47 Å². The van der Waals surface area contributed by atoms with Crippen molar-refractivity contribution in [1.82, 2.24) is 5.32 Å². The third-order valence-corrected chi connectivity index (χ3v) is 3.50. The molecule has 1 aromatic rings. The van der Waals surface area contributed by atoms with Crippen LogP contribution < -0.4 is 10.1 Å². The monoisotopic (exact) mass is 235 g/mol. The molecule has 0 spiro atoms. The van der Waals surface area contributed by atoms with Crippen LogP contribution in [0.3, 0.4) is 0 Å². The summed E-state index contributed by atoms with van der Waals surface area (Å²) in [5.41, 5.74) is 1.35. The fourth-order valence-corrected chi connectivity index (χ4v) is 2.44. The van der Waals surface area contributed by atoms with E-state index in [0.717, 1.165) is 31.8 Å². The van der Waals surface area contributed by atoms with E-state index in [2.05, 4.69) is 17.4 Å². The standard InChI is InChI=1S/C14H21NO2/c1-15-14-7-8-17-10-12(14)9-11-3-5-13(16-2)6-4-11/h3-6,12,14-15H,7-10H2,1-2H3. The molecule has 2 rings (SSSR count). The van der Waals surface area contributed by atoms with E-state index >= 15 is 0 Å². The zero-order valence-corrected chi connectivity index (χ0v) is 10.6. The first-order valence-electron chi connectivity index (χ1n) is 6.21. The molecule has 2 atom stereocenters. The molecule has 1 heterocycles. The predicted octanol–water partition coefficient (Wildman–Crippen LogP) is 1.86. The topological polar surface area (TPSA) is 30.5 Å². The molecule has 0 aliphatic carbocycles. The zero-order chi connectivity index (χ0) is 12.1. The number of hydrogen-bond acceptors (Lipinski definition) is 3. The van der Waals surface area contributed by atoms with Gasteiger partial charge in [-0.05, 0) is 37.6 Å². The molecular formula is C14H21NO2. The lowest BCUT2D eigenvalue weighted by atomic mass is 9.89. The highest BCUT2D eigenvalue weighted by Crippen LogP contribution is 2.21. The predicted molar refractivity (Wildman–Crippen MR) is 68.5 cm³/mol. The minimum Gasteiger partial charge on any atom is -0.497 e. The molecule has 0 saturated carbocycles. The van der Waals surface area contributed by atoms with E-state index in [1.54, 1.807) is 7.11 Å². The molecule has 1 fully saturated rings. The molecule has 3 heteroatoms. The van der Waals surface area contributed by atoms with Gasteiger partial charge in [0.25, 0.3) is 0 Å². The van der Waals surface area contributed by atoms with Gasteiger partial charge < -0.3 is 14.8 Å². The summed E-state index contributed by atoms with van der Waals surface area (Å²) in [7, 11) is 3.73. The van der Waals surface area contributed by atoms with Crippen LogP contribution in [0.2, 0.25) is 0 Å². The summed E-state index contributed by atoms with van der Waals surface area (Å²) in [6.07, 6.45) is 2.17. The second-order valence-corrected chi connectivity index (χ2v) is 4.57. The number of hydrogen-bond donors (Lipinski definition) is 1. The van der Waals surface area contributed by atoms with Crippen LogP contribution in [-0.4, -0.2) is 33.4 Å². The van der Waals surface area contributed by atoms with Crippen LogP contribution >= 0.6 is 0 Å². The van der Waals surface area contributed by atoms with Crippen LogP contribution in [0.4, 0.5) is 0 Å². The smallest absolute Gasteiger partial charge is 0.118 e. The summed E-state index contributed by atoms with van der Waals surface area (Å²) in [5, 5.41) is 3.39. The second-order valence-electron chi connectivity index (χ2n) is 4.57. The largest absolute Gasteiger partial charge is 0.497 e. The van der Waals surface area contributed by atoms with E-state index < -0.39 is 0 Å². The van der Waals surface area contributed by atoms with Crippen molar-refractivity contribution in [2.45, 2.75) is 18.9 Å². The Bertz CT molecular complexity index is 337. The molecule has 1 aromatic carbocycles. The molecule has 0 aromatic heterocycles. The third-order valence-electron chi connectivity index (χ3n) is 3.50. The van der Waals surface area contributed by atoms with Crippen LogP contribution in [0, 0.1) is 5.92 Å². The van der Waals surface area contributed by atoms with Crippen molar-refractivity contribution in [2.75, 3.05) is 27.4 Å². The van der Waals surface area contributed by atoms with Crippen LogP contribution in [0.5, 0.6) is 5.75 Å². The van der Waals surface area contributed by atoms with Crippen LogP contribution in [0.15, 0.2) is 24.3 Å². The quantitative estimate of drug-likeness (QED) is 0.864. The Hall–Kier alpha value is -1.06. The Morgan fingerprint density at radius 3 is 2.76 bits per heavy atom. The normalized spacial score (nSPS) is 24.6. The first-order valence-corrected chi connectivity index (χ1v) is 6.21. The minimum atomic E-state index is 0.571. The van der Waals surface area contributed by atoms with Gasteiger partial charge in [-0.25, -0.2) is 0 Å². The molecule has 2 unspecified atom stereocenters. The molecule has 1 aliphatic heterocycles. The first kappa shape index (κ1) is 12.4. The average Bonchev–Trinajstić information content (AvgIpc) is 2.40. The molecule has 94 valence electrons. The maximum atomic E-state index is 5.57. The molecular weight excluding hydrogens is 214 g/mol. The van der Waals surface area contributed by atoms with Crippen molar-refractivity contribution in [2.24, 2.45) is 5.92 Å². The summed E-state index contributed by atoms with van der Waals surface area (Å²) in [6.45, 7) is 1.74. The Kier molecular flexibility index (Phi) is 4.40. The van der Waals surface area contributed by atoms with E-state index in [1.165, 1.54) is 5.56 Å². The van der Waals surface area contributed by atoms with E-state index in [0.29, 0.717) is 12.0 Å². The number of nitrogens with one attached hydrogen (secondary N) is 1. The molecule has 3 nitrogen and oxygen atoms in total. The Labute approximate surface area is 103 Å².